The topological polar surface area (TPSA) is 55.8 Å². The van der Waals surface area contributed by atoms with E-state index in [1.807, 2.05) is 0 Å². The van der Waals surface area contributed by atoms with Gasteiger partial charge in [-0.3, -0.25) is 4.31 Å². The Morgan fingerprint density at radius 3 is 2.10 bits per heavy atom. The van der Waals surface area contributed by atoms with Crippen LogP contribution >= 0.6 is 0 Å². The van der Waals surface area contributed by atoms with E-state index in [2.05, 4.69) is 0 Å². The molecule has 0 fully saturated rings. The normalized spacial score (nSPS) is 13.9. The number of sulfonamides is 1. The van der Waals surface area contributed by atoms with Gasteiger partial charge in [-0.1, -0.05) is 12.1 Å². The van der Waals surface area contributed by atoms with Gasteiger partial charge in [0.1, 0.15) is 11.6 Å². The van der Waals surface area contributed by atoms with Gasteiger partial charge in [-0.25, -0.2) is 17.2 Å². The van der Waals surface area contributed by atoms with E-state index in [-0.39, 0.29) is 11.7 Å². The molecule has 0 saturated heterocycles. The van der Waals surface area contributed by atoms with Crippen molar-refractivity contribution in [3.05, 3.63) is 83.9 Å². The zero-order valence-electron chi connectivity index (χ0n) is 15.4. The summed E-state index contributed by atoms with van der Waals surface area (Å²) in [6, 6.07) is 14.3. The number of halogens is 2. The number of ether oxygens (including phenoxy) is 2. The second-order valence-electron chi connectivity index (χ2n) is 6.52. The summed E-state index contributed by atoms with van der Waals surface area (Å²) in [5.74, 6) is -0.0161. The molecule has 0 saturated carbocycles. The summed E-state index contributed by atoms with van der Waals surface area (Å²) in [5, 5.41) is 0. The smallest absolute Gasteiger partial charge is 0.264 e. The van der Waals surface area contributed by atoms with Crippen LogP contribution in [0.2, 0.25) is 0 Å². The van der Waals surface area contributed by atoms with Gasteiger partial charge in [0, 0.05) is 6.07 Å². The molecule has 0 amide bonds. The molecular weight excluding hydrogens is 400 g/mol. The van der Waals surface area contributed by atoms with E-state index in [4.69, 9.17) is 9.47 Å². The Hall–Kier alpha value is -3.13. The van der Waals surface area contributed by atoms with E-state index >= 15 is 0 Å². The van der Waals surface area contributed by atoms with Crippen molar-refractivity contribution in [3.63, 3.8) is 0 Å². The van der Waals surface area contributed by atoms with Crippen molar-refractivity contribution in [1.82, 2.24) is 0 Å². The van der Waals surface area contributed by atoms with Gasteiger partial charge in [0.05, 0.1) is 16.6 Å². The lowest BCUT2D eigenvalue weighted by Crippen LogP contribution is -2.33. The molecule has 0 N–H and O–H groups in total. The molecule has 4 rings (SSSR count). The second-order valence-corrected chi connectivity index (χ2v) is 8.33. The number of fused-ring (bicyclic) bond motifs is 1. The minimum absolute atomic E-state index is 0.0526. The number of rotatable bonds is 5. The first kappa shape index (κ1) is 19.2. The maximum absolute atomic E-state index is 13.5. The lowest BCUT2D eigenvalue weighted by atomic mass is 10.1. The number of hydrogen-bond acceptors (Lipinski definition) is 4. The molecule has 3 aromatic rings. The van der Waals surface area contributed by atoms with Crippen molar-refractivity contribution in [3.8, 4) is 11.5 Å². The highest BCUT2D eigenvalue weighted by Crippen LogP contribution is 2.40. The fraction of sp³-hybridized carbons (Fsp3) is 0.143. The van der Waals surface area contributed by atoms with Crippen LogP contribution in [0.3, 0.4) is 0 Å². The lowest BCUT2D eigenvalue weighted by molar-refractivity contribution is 0.174. The Bertz CT molecular complexity index is 1130. The fourth-order valence-electron chi connectivity index (χ4n) is 3.19. The highest BCUT2D eigenvalue weighted by Gasteiger charge is 2.31. The summed E-state index contributed by atoms with van der Waals surface area (Å²) >= 11 is 0. The molecule has 8 heteroatoms. The summed E-state index contributed by atoms with van der Waals surface area (Å²) < 4.78 is 65.6. The number of nitrogens with zero attached hydrogens (tertiary/aromatic N) is 1. The predicted molar refractivity (Wildman–Crippen MR) is 103 cm³/mol. The third kappa shape index (κ3) is 3.63. The third-order valence-electron chi connectivity index (χ3n) is 4.69. The molecule has 0 radical (unpaired) electrons. The fourth-order valence-corrected chi connectivity index (χ4v) is 4.83. The van der Waals surface area contributed by atoms with Crippen LogP contribution in [0.15, 0.2) is 71.6 Å². The van der Waals surface area contributed by atoms with Crippen molar-refractivity contribution in [2.45, 2.75) is 17.9 Å². The van der Waals surface area contributed by atoms with E-state index in [1.165, 1.54) is 40.7 Å². The molecular formula is C21H17F2NO4S. The van der Waals surface area contributed by atoms with E-state index in [0.29, 0.717) is 22.7 Å². The Labute approximate surface area is 167 Å². The van der Waals surface area contributed by atoms with Crippen LogP contribution in [0, 0.1) is 11.6 Å². The molecule has 3 aromatic carbocycles. The maximum Gasteiger partial charge on any atom is 0.264 e. The van der Waals surface area contributed by atoms with E-state index < -0.39 is 27.7 Å². The summed E-state index contributed by atoms with van der Waals surface area (Å²) in [4.78, 5) is -0.0643. The molecule has 0 bridgehead atoms. The largest absolute Gasteiger partial charge is 0.454 e. The van der Waals surface area contributed by atoms with Gasteiger partial charge >= 0.3 is 0 Å². The predicted octanol–water partition coefficient (Wildman–Crippen LogP) is 4.65. The van der Waals surface area contributed by atoms with Crippen LogP contribution in [-0.4, -0.2) is 15.2 Å². The summed E-state index contributed by atoms with van der Waals surface area (Å²) in [5.41, 5.74) is 0.935. The van der Waals surface area contributed by atoms with Gasteiger partial charge in [-0.05, 0) is 61.0 Å². The summed E-state index contributed by atoms with van der Waals surface area (Å²) in [6.45, 7) is 1.75. The van der Waals surface area contributed by atoms with Crippen molar-refractivity contribution < 1.29 is 26.7 Å². The lowest BCUT2D eigenvalue weighted by Gasteiger charge is -2.31. The van der Waals surface area contributed by atoms with Crippen LogP contribution in [0.4, 0.5) is 14.5 Å². The van der Waals surface area contributed by atoms with Crippen molar-refractivity contribution >= 4 is 15.7 Å². The first-order valence-corrected chi connectivity index (χ1v) is 10.3. The van der Waals surface area contributed by atoms with E-state index in [0.717, 1.165) is 12.1 Å². The molecule has 0 spiro atoms. The van der Waals surface area contributed by atoms with Crippen molar-refractivity contribution in [2.75, 3.05) is 11.1 Å². The van der Waals surface area contributed by atoms with Crippen molar-refractivity contribution in [1.29, 1.82) is 0 Å². The van der Waals surface area contributed by atoms with Gasteiger partial charge in [0.25, 0.3) is 10.0 Å². The molecule has 0 aliphatic carbocycles. The zero-order valence-corrected chi connectivity index (χ0v) is 16.2. The molecule has 5 nitrogen and oxygen atoms in total. The SMILES string of the molecule is CC(c1ccc(F)cc1)N(c1ccc2c(c1)OCO2)S(=O)(=O)c1ccc(F)cc1. The molecule has 0 aromatic heterocycles. The molecule has 150 valence electrons. The van der Waals surface area contributed by atoms with Gasteiger partial charge in [-0.15, -0.1) is 0 Å². The zero-order chi connectivity index (χ0) is 20.6. The van der Waals surface area contributed by atoms with Crippen LogP contribution in [0.25, 0.3) is 0 Å². The Kier molecular flexibility index (Phi) is 4.87. The standard InChI is InChI=1S/C21H17F2NO4S/c1-14(15-2-4-16(22)5-3-15)24(18-8-11-20-21(12-18)28-13-27-20)29(25,26)19-9-6-17(23)7-10-19/h2-12,14H,13H2,1H3. The average molecular weight is 417 g/mol. The van der Waals surface area contributed by atoms with Gasteiger partial charge in [0.15, 0.2) is 11.5 Å². The van der Waals surface area contributed by atoms with Crippen LogP contribution in [-0.2, 0) is 10.0 Å². The number of benzene rings is 3. The highest BCUT2D eigenvalue weighted by atomic mass is 32.2. The van der Waals surface area contributed by atoms with Crippen LogP contribution in [0.5, 0.6) is 11.5 Å². The van der Waals surface area contributed by atoms with Crippen LogP contribution in [0.1, 0.15) is 18.5 Å². The molecule has 1 heterocycles. The number of hydrogen-bond donors (Lipinski definition) is 0. The average Bonchev–Trinajstić information content (AvgIpc) is 3.16. The van der Waals surface area contributed by atoms with Gasteiger partial charge in [0.2, 0.25) is 6.79 Å². The molecule has 29 heavy (non-hydrogen) atoms. The van der Waals surface area contributed by atoms with Crippen LogP contribution < -0.4 is 13.8 Å². The third-order valence-corrected chi connectivity index (χ3v) is 6.60. The number of anilines is 1. The summed E-state index contributed by atoms with van der Waals surface area (Å²) in [6.07, 6.45) is 0. The molecule has 1 atom stereocenters. The first-order valence-electron chi connectivity index (χ1n) is 8.81. The monoisotopic (exact) mass is 417 g/mol. The Morgan fingerprint density at radius 1 is 0.862 bits per heavy atom. The molecule has 1 unspecified atom stereocenters. The highest BCUT2D eigenvalue weighted by molar-refractivity contribution is 7.92. The summed E-state index contributed by atoms with van der Waals surface area (Å²) in [7, 11) is -4.07. The molecule has 1 aliphatic heterocycles. The van der Waals surface area contributed by atoms with E-state index in [1.54, 1.807) is 25.1 Å². The van der Waals surface area contributed by atoms with E-state index in [9.17, 15) is 17.2 Å². The second kappa shape index (κ2) is 7.36. The van der Waals surface area contributed by atoms with Gasteiger partial charge < -0.3 is 9.47 Å². The Balaban J connectivity index is 1.84. The first-order chi connectivity index (χ1) is 13.9. The maximum atomic E-state index is 13.5. The minimum Gasteiger partial charge on any atom is -0.454 e. The molecule has 1 aliphatic rings. The minimum atomic E-state index is -4.07. The van der Waals surface area contributed by atoms with Crippen molar-refractivity contribution in [2.24, 2.45) is 0 Å². The quantitative estimate of drug-likeness (QED) is 0.606. The Morgan fingerprint density at radius 2 is 1.45 bits per heavy atom. The van der Waals surface area contributed by atoms with Gasteiger partial charge in [-0.2, -0.15) is 0 Å².